The summed E-state index contributed by atoms with van der Waals surface area (Å²) in [6.45, 7) is 2.14. The molecule has 102 valence electrons. The molecule has 1 amide bonds. The van der Waals surface area contributed by atoms with Gasteiger partial charge >= 0.3 is 0 Å². The molecule has 0 radical (unpaired) electrons. The number of carbonyl (C=O) groups is 1. The van der Waals surface area contributed by atoms with Crippen molar-refractivity contribution >= 4 is 11.6 Å². The largest absolute Gasteiger partial charge is 0.482 e. The van der Waals surface area contributed by atoms with E-state index < -0.39 is 0 Å². The maximum Gasteiger partial charge on any atom is 0.262 e. The molecule has 3 rings (SSSR count). The van der Waals surface area contributed by atoms with Gasteiger partial charge in [0.2, 0.25) is 0 Å². The van der Waals surface area contributed by atoms with Crippen LogP contribution in [-0.2, 0) is 17.6 Å². The molecule has 2 aromatic rings. The molecule has 1 aliphatic heterocycles. The lowest BCUT2D eigenvalue weighted by Gasteiger charge is -2.21. The number of amides is 1. The number of carbonyl (C=O) groups excluding carboxylic acids is 1. The molecule has 2 aromatic carbocycles. The molecule has 0 fully saturated rings. The highest BCUT2D eigenvalue weighted by atomic mass is 16.5. The Bertz CT molecular complexity index is 635. The molecule has 0 aromatic heterocycles. The minimum absolute atomic E-state index is 0.0826. The van der Waals surface area contributed by atoms with Crippen molar-refractivity contribution in [2.75, 3.05) is 11.9 Å². The maximum absolute atomic E-state index is 11.4. The van der Waals surface area contributed by atoms with Crippen LogP contribution in [0.5, 0.6) is 5.75 Å². The van der Waals surface area contributed by atoms with Crippen LogP contribution in [0.25, 0.3) is 0 Å². The van der Waals surface area contributed by atoms with Gasteiger partial charge in [-0.3, -0.25) is 4.79 Å². The number of hydrogen-bond donors (Lipinski definition) is 1. The van der Waals surface area contributed by atoms with E-state index in [0.717, 1.165) is 29.8 Å². The summed E-state index contributed by atoms with van der Waals surface area (Å²) in [5.74, 6) is 0.686. The lowest BCUT2D eigenvalue weighted by atomic mass is 9.98. The zero-order chi connectivity index (χ0) is 13.9. The van der Waals surface area contributed by atoms with Gasteiger partial charge in [-0.1, -0.05) is 36.4 Å². The van der Waals surface area contributed by atoms with E-state index in [4.69, 9.17) is 4.74 Å². The fraction of sp³-hybridized carbons (Fsp3) is 0.235. The molecule has 20 heavy (non-hydrogen) atoms. The third-order valence-corrected chi connectivity index (χ3v) is 3.69. The highest BCUT2D eigenvalue weighted by molar-refractivity contribution is 5.96. The SMILES string of the molecule is Cc1c(CCc2ccccc2)ccc2c1NC(=O)CO2. The van der Waals surface area contributed by atoms with E-state index in [1.807, 2.05) is 19.1 Å². The second-order valence-electron chi connectivity index (χ2n) is 5.05. The third kappa shape index (κ3) is 2.52. The fourth-order valence-corrected chi connectivity index (χ4v) is 2.52. The number of hydrogen-bond acceptors (Lipinski definition) is 2. The molecule has 3 heteroatoms. The molecule has 0 spiro atoms. The Balaban J connectivity index is 1.81. The fourth-order valence-electron chi connectivity index (χ4n) is 2.52. The highest BCUT2D eigenvalue weighted by Gasteiger charge is 2.19. The van der Waals surface area contributed by atoms with Gasteiger partial charge in [-0.15, -0.1) is 0 Å². The zero-order valence-electron chi connectivity index (χ0n) is 11.5. The smallest absolute Gasteiger partial charge is 0.262 e. The van der Waals surface area contributed by atoms with Gasteiger partial charge in [-0.05, 0) is 42.5 Å². The molecule has 0 aliphatic carbocycles. The summed E-state index contributed by atoms with van der Waals surface area (Å²) in [5.41, 5.74) is 4.50. The minimum atomic E-state index is -0.0826. The van der Waals surface area contributed by atoms with Crippen LogP contribution in [0.4, 0.5) is 5.69 Å². The Morgan fingerprint density at radius 1 is 1.10 bits per heavy atom. The Labute approximate surface area is 118 Å². The van der Waals surface area contributed by atoms with Gasteiger partial charge < -0.3 is 10.1 Å². The molecule has 0 unspecified atom stereocenters. The standard InChI is InChI=1S/C17H17NO2/c1-12-14(8-7-13-5-3-2-4-6-13)9-10-15-17(12)18-16(19)11-20-15/h2-6,9-10H,7-8,11H2,1H3,(H,18,19). The first-order chi connectivity index (χ1) is 9.74. The number of ether oxygens (including phenoxy) is 1. The van der Waals surface area contributed by atoms with Crippen LogP contribution in [0.3, 0.4) is 0 Å². The number of benzene rings is 2. The molecule has 1 aliphatic rings. The van der Waals surface area contributed by atoms with E-state index in [1.165, 1.54) is 11.1 Å². The maximum atomic E-state index is 11.4. The average Bonchev–Trinajstić information content (AvgIpc) is 2.48. The van der Waals surface area contributed by atoms with Crippen molar-refractivity contribution < 1.29 is 9.53 Å². The molecule has 3 nitrogen and oxygen atoms in total. The quantitative estimate of drug-likeness (QED) is 0.928. The molecule has 0 saturated carbocycles. The van der Waals surface area contributed by atoms with E-state index in [0.29, 0.717) is 0 Å². The molecule has 0 saturated heterocycles. The average molecular weight is 267 g/mol. The molecular weight excluding hydrogens is 250 g/mol. The van der Waals surface area contributed by atoms with Crippen LogP contribution >= 0.6 is 0 Å². The van der Waals surface area contributed by atoms with E-state index in [2.05, 4.69) is 35.6 Å². The summed E-state index contributed by atoms with van der Waals surface area (Å²) < 4.78 is 5.42. The Morgan fingerprint density at radius 3 is 2.70 bits per heavy atom. The lowest BCUT2D eigenvalue weighted by Crippen LogP contribution is -2.26. The first-order valence-corrected chi connectivity index (χ1v) is 6.83. The molecule has 0 atom stereocenters. The highest BCUT2D eigenvalue weighted by Crippen LogP contribution is 2.33. The van der Waals surface area contributed by atoms with Crippen molar-refractivity contribution in [2.24, 2.45) is 0 Å². The molecular formula is C17H17NO2. The summed E-state index contributed by atoms with van der Waals surface area (Å²) in [6, 6.07) is 14.5. The first kappa shape index (κ1) is 12.7. The van der Waals surface area contributed by atoms with Gasteiger partial charge in [-0.2, -0.15) is 0 Å². The van der Waals surface area contributed by atoms with Crippen LogP contribution in [0.15, 0.2) is 42.5 Å². The van der Waals surface area contributed by atoms with Crippen molar-refractivity contribution in [1.29, 1.82) is 0 Å². The van der Waals surface area contributed by atoms with Gasteiger partial charge in [0, 0.05) is 0 Å². The zero-order valence-corrected chi connectivity index (χ0v) is 11.5. The second-order valence-corrected chi connectivity index (χ2v) is 5.05. The topological polar surface area (TPSA) is 38.3 Å². The van der Waals surface area contributed by atoms with Gasteiger partial charge in [0.15, 0.2) is 6.61 Å². The number of fused-ring (bicyclic) bond motifs is 1. The normalized spacial score (nSPS) is 13.3. The van der Waals surface area contributed by atoms with Crippen molar-refractivity contribution in [3.05, 3.63) is 59.2 Å². The predicted octanol–water partition coefficient (Wildman–Crippen LogP) is 3.11. The minimum Gasteiger partial charge on any atom is -0.482 e. The first-order valence-electron chi connectivity index (χ1n) is 6.83. The second kappa shape index (κ2) is 5.37. The van der Waals surface area contributed by atoms with Crippen molar-refractivity contribution in [3.8, 4) is 5.75 Å². The molecule has 1 heterocycles. The van der Waals surface area contributed by atoms with Gasteiger partial charge in [0.25, 0.3) is 5.91 Å². The Morgan fingerprint density at radius 2 is 1.90 bits per heavy atom. The lowest BCUT2D eigenvalue weighted by molar-refractivity contribution is -0.118. The summed E-state index contributed by atoms with van der Waals surface area (Å²) in [4.78, 5) is 11.4. The monoisotopic (exact) mass is 267 g/mol. The Kier molecular flexibility index (Phi) is 3.42. The summed E-state index contributed by atoms with van der Waals surface area (Å²) in [7, 11) is 0. The van der Waals surface area contributed by atoms with Crippen LogP contribution in [0.2, 0.25) is 0 Å². The van der Waals surface area contributed by atoms with Crippen molar-refractivity contribution in [1.82, 2.24) is 0 Å². The predicted molar refractivity (Wildman–Crippen MR) is 79.2 cm³/mol. The van der Waals surface area contributed by atoms with Crippen LogP contribution < -0.4 is 10.1 Å². The van der Waals surface area contributed by atoms with Gasteiger partial charge in [0.05, 0.1) is 5.69 Å². The number of rotatable bonds is 3. The van der Waals surface area contributed by atoms with Crippen molar-refractivity contribution in [2.45, 2.75) is 19.8 Å². The van der Waals surface area contributed by atoms with Gasteiger partial charge in [-0.25, -0.2) is 0 Å². The summed E-state index contributed by atoms with van der Waals surface area (Å²) in [6.07, 6.45) is 1.95. The number of nitrogens with one attached hydrogen (secondary N) is 1. The molecule has 1 N–H and O–H groups in total. The van der Waals surface area contributed by atoms with E-state index in [1.54, 1.807) is 0 Å². The third-order valence-electron chi connectivity index (χ3n) is 3.69. The summed E-state index contributed by atoms with van der Waals surface area (Å²) in [5, 5.41) is 2.90. The summed E-state index contributed by atoms with van der Waals surface area (Å²) >= 11 is 0. The van der Waals surface area contributed by atoms with E-state index >= 15 is 0 Å². The van der Waals surface area contributed by atoms with Crippen molar-refractivity contribution in [3.63, 3.8) is 0 Å². The van der Waals surface area contributed by atoms with E-state index in [9.17, 15) is 4.79 Å². The van der Waals surface area contributed by atoms with E-state index in [-0.39, 0.29) is 12.5 Å². The number of anilines is 1. The van der Waals surface area contributed by atoms with Crippen LogP contribution in [0.1, 0.15) is 16.7 Å². The Hall–Kier alpha value is -2.29. The van der Waals surface area contributed by atoms with Gasteiger partial charge in [0.1, 0.15) is 5.75 Å². The van der Waals surface area contributed by atoms with Crippen LogP contribution in [0, 0.1) is 6.92 Å². The number of aryl methyl sites for hydroxylation is 2. The molecule has 0 bridgehead atoms. The van der Waals surface area contributed by atoms with Crippen LogP contribution in [-0.4, -0.2) is 12.5 Å².